The second-order valence-corrected chi connectivity index (χ2v) is 10.2. The highest BCUT2D eigenvalue weighted by atomic mass is 28.3. The molecule has 0 amide bonds. The first-order chi connectivity index (χ1) is 7.43. The normalized spacial score (nSPS) is 13.1. The van der Waals surface area contributed by atoms with Crippen molar-refractivity contribution in [3.8, 4) is 0 Å². The fourth-order valence-corrected chi connectivity index (χ4v) is 6.31. The molecule has 0 aliphatic heterocycles. The maximum absolute atomic E-state index is 4.59. The van der Waals surface area contributed by atoms with E-state index < -0.39 is 8.24 Å². The average molecular weight is 242 g/mol. The number of rotatable bonds is 7. The summed E-state index contributed by atoms with van der Waals surface area (Å²) in [4.78, 5) is 4.59. The summed E-state index contributed by atoms with van der Waals surface area (Å²) in [5.41, 5.74) is 0. The summed E-state index contributed by atoms with van der Waals surface area (Å²) in [7, 11) is -1.29. The van der Waals surface area contributed by atoms with Gasteiger partial charge in [0.05, 0.1) is 6.34 Å². The molecular weight excluding hydrogens is 212 g/mol. The van der Waals surface area contributed by atoms with Crippen molar-refractivity contribution in [3.63, 3.8) is 0 Å². The van der Waals surface area contributed by atoms with Gasteiger partial charge in [-0.15, -0.1) is 0 Å². The summed E-state index contributed by atoms with van der Waals surface area (Å²) in [6.45, 7) is 15.9. The molecule has 0 unspecified atom stereocenters. The lowest BCUT2D eigenvalue weighted by Gasteiger charge is -2.42. The third kappa shape index (κ3) is 3.93. The molecule has 3 heteroatoms. The zero-order valence-corrected chi connectivity index (χ0v) is 13.2. The van der Waals surface area contributed by atoms with Crippen LogP contribution in [-0.2, 0) is 0 Å². The largest absolute Gasteiger partial charge is 0.387 e. The van der Waals surface area contributed by atoms with Crippen LogP contribution in [0.25, 0.3) is 0 Å². The molecule has 0 aromatic heterocycles. The van der Waals surface area contributed by atoms with Gasteiger partial charge in [-0.3, -0.25) is 4.99 Å². The zero-order valence-electron chi connectivity index (χ0n) is 12.2. The quantitative estimate of drug-likeness (QED) is 0.372. The van der Waals surface area contributed by atoms with E-state index in [2.05, 4.69) is 64.4 Å². The Hall–Kier alpha value is -0.313. The van der Waals surface area contributed by atoms with Crippen LogP contribution in [-0.4, -0.2) is 31.2 Å². The summed E-state index contributed by atoms with van der Waals surface area (Å²) < 4.78 is 2.59. The first-order valence-electron chi connectivity index (χ1n) is 6.75. The average Bonchev–Trinajstić information content (AvgIpc) is 2.24. The van der Waals surface area contributed by atoms with Crippen molar-refractivity contribution >= 4 is 14.6 Å². The second-order valence-electron chi connectivity index (χ2n) is 5.14. The number of hydrogen-bond acceptors (Lipinski definition) is 1. The molecule has 0 spiro atoms. The van der Waals surface area contributed by atoms with Crippen molar-refractivity contribution in [2.75, 3.05) is 0 Å². The Bertz CT molecular complexity index is 200. The molecule has 0 atom stereocenters. The lowest BCUT2D eigenvalue weighted by atomic mass is 10.4. The first kappa shape index (κ1) is 15.7. The van der Waals surface area contributed by atoms with Gasteiger partial charge in [-0.05, 0) is 45.8 Å². The summed E-state index contributed by atoms with van der Waals surface area (Å²) >= 11 is 0. The molecular formula is C13H30N2Si. The van der Waals surface area contributed by atoms with Gasteiger partial charge in [0.2, 0.25) is 0 Å². The highest BCUT2D eigenvalue weighted by molar-refractivity contribution is 6.78. The van der Waals surface area contributed by atoms with Gasteiger partial charge in [0.15, 0.2) is 8.24 Å². The maximum Gasteiger partial charge on any atom is 0.157 e. The van der Waals surface area contributed by atoms with Gasteiger partial charge in [0.25, 0.3) is 0 Å². The lowest BCUT2D eigenvalue weighted by Crippen LogP contribution is -2.54. The van der Waals surface area contributed by atoms with Crippen LogP contribution in [0.2, 0.25) is 18.1 Å². The number of nitrogens with zero attached hydrogens (tertiary/aromatic N) is 2. The van der Waals surface area contributed by atoms with Gasteiger partial charge in [-0.1, -0.05) is 20.8 Å². The lowest BCUT2D eigenvalue weighted by molar-refractivity contribution is 0.499. The molecule has 0 aliphatic rings. The molecule has 0 heterocycles. The molecule has 0 fully saturated rings. The minimum absolute atomic E-state index is 0.401. The highest BCUT2D eigenvalue weighted by Gasteiger charge is 2.34. The van der Waals surface area contributed by atoms with Crippen LogP contribution < -0.4 is 0 Å². The third-order valence-corrected chi connectivity index (χ3v) is 9.24. The van der Waals surface area contributed by atoms with Crippen molar-refractivity contribution in [1.82, 2.24) is 4.57 Å². The third-order valence-electron chi connectivity index (χ3n) is 3.57. The Morgan fingerprint density at radius 3 is 1.69 bits per heavy atom. The monoisotopic (exact) mass is 242 g/mol. The smallest absolute Gasteiger partial charge is 0.157 e. The molecule has 0 N–H and O–H groups in total. The molecule has 0 bridgehead atoms. The van der Waals surface area contributed by atoms with E-state index in [0.717, 1.165) is 0 Å². The SMILES string of the molecule is CC[Si](CC)(CC)N(C=NC(C)C)C(C)C. The Kier molecular flexibility index (Phi) is 6.96. The first-order valence-corrected chi connectivity index (χ1v) is 9.32. The van der Waals surface area contributed by atoms with Gasteiger partial charge in [-0.25, -0.2) is 0 Å². The van der Waals surface area contributed by atoms with Crippen LogP contribution in [0, 0.1) is 0 Å². The summed E-state index contributed by atoms with van der Waals surface area (Å²) in [5.74, 6) is 0. The minimum Gasteiger partial charge on any atom is -0.387 e. The summed E-state index contributed by atoms with van der Waals surface area (Å²) in [6.07, 6.45) is 2.14. The van der Waals surface area contributed by atoms with E-state index in [-0.39, 0.29) is 0 Å². The van der Waals surface area contributed by atoms with Gasteiger partial charge in [-0.2, -0.15) is 0 Å². The van der Waals surface area contributed by atoms with E-state index in [4.69, 9.17) is 0 Å². The van der Waals surface area contributed by atoms with Crippen LogP contribution in [0.15, 0.2) is 4.99 Å². The van der Waals surface area contributed by atoms with Gasteiger partial charge >= 0.3 is 0 Å². The van der Waals surface area contributed by atoms with E-state index in [9.17, 15) is 0 Å². The Morgan fingerprint density at radius 1 is 1.00 bits per heavy atom. The number of aliphatic imine (C=N–C) groups is 1. The topological polar surface area (TPSA) is 15.6 Å². The molecule has 0 saturated heterocycles. The van der Waals surface area contributed by atoms with Crippen molar-refractivity contribution in [3.05, 3.63) is 0 Å². The van der Waals surface area contributed by atoms with Crippen molar-refractivity contribution in [1.29, 1.82) is 0 Å². The van der Waals surface area contributed by atoms with Crippen molar-refractivity contribution < 1.29 is 0 Å². The standard InChI is InChI=1S/C13H30N2Si/c1-8-16(9-2,10-3)15(13(6)7)11-14-12(4)5/h11-13H,8-10H2,1-7H3. The molecule has 0 aromatic rings. The molecule has 16 heavy (non-hydrogen) atoms. The van der Waals surface area contributed by atoms with Crippen LogP contribution in [0.5, 0.6) is 0 Å². The maximum atomic E-state index is 4.59. The van der Waals surface area contributed by atoms with E-state index in [0.29, 0.717) is 12.1 Å². The van der Waals surface area contributed by atoms with Crippen LogP contribution in [0.4, 0.5) is 0 Å². The van der Waals surface area contributed by atoms with E-state index in [1.54, 1.807) is 0 Å². The van der Waals surface area contributed by atoms with Crippen LogP contribution >= 0.6 is 0 Å². The van der Waals surface area contributed by atoms with Gasteiger partial charge < -0.3 is 4.57 Å². The fraction of sp³-hybridized carbons (Fsp3) is 0.923. The van der Waals surface area contributed by atoms with Crippen LogP contribution in [0.3, 0.4) is 0 Å². The van der Waals surface area contributed by atoms with Crippen LogP contribution in [0.1, 0.15) is 48.5 Å². The molecule has 0 saturated carbocycles. The summed E-state index contributed by atoms with van der Waals surface area (Å²) in [5, 5.41) is 0. The molecule has 96 valence electrons. The Labute approximate surface area is 103 Å². The molecule has 0 aliphatic carbocycles. The van der Waals surface area contributed by atoms with Gasteiger partial charge in [0, 0.05) is 12.1 Å². The highest BCUT2D eigenvalue weighted by Crippen LogP contribution is 2.25. The predicted octanol–water partition coefficient (Wildman–Crippen LogP) is 4.14. The Morgan fingerprint density at radius 2 is 1.44 bits per heavy atom. The van der Waals surface area contributed by atoms with Crippen molar-refractivity contribution in [2.24, 2.45) is 4.99 Å². The molecule has 0 radical (unpaired) electrons. The summed E-state index contributed by atoms with van der Waals surface area (Å²) in [6, 6.07) is 4.94. The zero-order chi connectivity index (χ0) is 12.8. The van der Waals surface area contributed by atoms with E-state index >= 15 is 0 Å². The molecule has 2 nitrogen and oxygen atoms in total. The predicted molar refractivity (Wildman–Crippen MR) is 77.8 cm³/mol. The Balaban J connectivity index is 5.00. The molecule has 0 aromatic carbocycles. The van der Waals surface area contributed by atoms with Gasteiger partial charge in [0.1, 0.15) is 0 Å². The van der Waals surface area contributed by atoms with E-state index in [1.807, 2.05) is 0 Å². The second kappa shape index (κ2) is 7.10. The van der Waals surface area contributed by atoms with E-state index in [1.165, 1.54) is 18.1 Å². The van der Waals surface area contributed by atoms with Crippen molar-refractivity contribution in [2.45, 2.75) is 78.7 Å². The fourth-order valence-electron chi connectivity index (χ4n) is 2.31. The molecule has 0 rings (SSSR count). The number of hydrogen-bond donors (Lipinski definition) is 0. The minimum atomic E-state index is -1.29.